The predicted octanol–water partition coefficient (Wildman–Crippen LogP) is 0.271. The highest BCUT2D eigenvalue weighted by molar-refractivity contribution is 5.71. The van der Waals surface area contributed by atoms with E-state index in [0.29, 0.717) is 5.69 Å². The zero-order valence-corrected chi connectivity index (χ0v) is 7.19. The molecule has 0 radical (unpaired) electrons. The Kier molecular flexibility index (Phi) is 3.28. The lowest BCUT2D eigenvalue weighted by Gasteiger charge is -2.03. The van der Waals surface area contributed by atoms with Crippen molar-refractivity contribution in [3.05, 3.63) is 29.8 Å². The molecule has 0 unspecified atom stereocenters. The summed E-state index contributed by atoms with van der Waals surface area (Å²) in [4.78, 5) is 10.7. The number of anilines is 1. The summed E-state index contributed by atoms with van der Waals surface area (Å²) in [5, 5.41) is 0. The lowest BCUT2D eigenvalue weighted by atomic mass is 10.2. The minimum atomic E-state index is -0.414. The molecule has 0 aliphatic heterocycles. The van der Waals surface area contributed by atoms with Crippen molar-refractivity contribution in [1.29, 1.82) is 0 Å². The van der Waals surface area contributed by atoms with Crippen molar-refractivity contribution in [1.82, 2.24) is 0 Å². The molecule has 4 N–H and O–H groups in total. The monoisotopic (exact) mass is 180 g/mol. The zero-order valence-electron chi connectivity index (χ0n) is 7.19. The molecule has 4 heteroatoms. The number of rotatable bonds is 3. The lowest BCUT2D eigenvalue weighted by molar-refractivity contribution is -0.143. The van der Waals surface area contributed by atoms with Crippen LogP contribution in [0.3, 0.4) is 0 Å². The van der Waals surface area contributed by atoms with Gasteiger partial charge in [-0.1, -0.05) is 12.1 Å². The van der Waals surface area contributed by atoms with Gasteiger partial charge in [-0.25, -0.2) is 0 Å². The second-order valence-electron chi connectivity index (χ2n) is 2.61. The Bertz CT molecular complexity index is 299. The topological polar surface area (TPSA) is 78.3 Å². The van der Waals surface area contributed by atoms with E-state index in [-0.39, 0.29) is 13.2 Å². The maximum absolute atomic E-state index is 10.7. The number of esters is 1. The van der Waals surface area contributed by atoms with Crippen molar-refractivity contribution in [2.75, 3.05) is 12.3 Å². The molecule has 0 atom stereocenters. The van der Waals surface area contributed by atoms with Crippen molar-refractivity contribution >= 4 is 11.7 Å². The van der Waals surface area contributed by atoms with Crippen LogP contribution >= 0.6 is 0 Å². The molecule has 0 saturated carbocycles. The molecule has 0 aromatic heterocycles. The minimum absolute atomic E-state index is 0.0949. The Hall–Kier alpha value is -1.55. The Labute approximate surface area is 76.5 Å². The normalized spacial score (nSPS) is 9.62. The molecule has 0 fully saturated rings. The van der Waals surface area contributed by atoms with E-state index in [1.807, 2.05) is 6.07 Å². The Balaban J connectivity index is 2.50. The largest absolute Gasteiger partial charge is 0.460 e. The first-order chi connectivity index (χ1) is 6.22. The first-order valence-electron chi connectivity index (χ1n) is 3.92. The van der Waals surface area contributed by atoms with Gasteiger partial charge in [0.05, 0.1) is 6.54 Å². The van der Waals surface area contributed by atoms with Gasteiger partial charge >= 0.3 is 5.97 Å². The second kappa shape index (κ2) is 4.47. The van der Waals surface area contributed by atoms with Gasteiger partial charge in [-0.2, -0.15) is 0 Å². The van der Waals surface area contributed by atoms with Gasteiger partial charge in [-0.05, 0) is 17.7 Å². The number of nitrogens with two attached hydrogens (primary N) is 2. The predicted molar refractivity (Wildman–Crippen MR) is 49.7 cm³/mol. The lowest BCUT2D eigenvalue weighted by Crippen LogP contribution is -2.16. The first-order valence-corrected chi connectivity index (χ1v) is 3.92. The van der Waals surface area contributed by atoms with Crippen LogP contribution in [0, 0.1) is 0 Å². The summed E-state index contributed by atoms with van der Waals surface area (Å²) in [7, 11) is 0. The van der Waals surface area contributed by atoms with Crippen LogP contribution in [0.25, 0.3) is 0 Å². The van der Waals surface area contributed by atoms with Crippen LogP contribution in [-0.2, 0) is 16.1 Å². The molecule has 0 spiro atoms. The van der Waals surface area contributed by atoms with Gasteiger partial charge in [0.1, 0.15) is 6.61 Å². The highest BCUT2D eigenvalue weighted by Gasteiger charge is 1.99. The van der Waals surface area contributed by atoms with E-state index in [2.05, 4.69) is 0 Å². The number of carbonyl (C=O) groups excluding carboxylic acids is 1. The molecule has 0 aliphatic carbocycles. The van der Waals surface area contributed by atoms with Crippen molar-refractivity contribution in [2.45, 2.75) is 6.61 Å². The summed E-state index contributed by atoms with van der Waals surface area (Å²) in [6.45, 7) is 0.128. The third kappa shape index (κ3) is 3.13. The fourth-order valence-corrected chi connectivity index (χ4v) is 0.906. The number of hydrogen-bond donors (Lipinski definition) is 2. The van der Waals surface area contributed by atoms with Crippen LogP contribution in [0.15, 0.2) is 24.3 Å². The van der Waals surface area contributed by atoms with Gasteiger partial charge in [0, 0.05) is 5.69 Å². The van der Waals surface area contributed by atoms with Crippen LogP contribution in [-0.4, -0.2) is 12.5 Å². The van der Waals surface area contributed by atoms with Gasteiger partial charge in [0.25, 0.3) is 0 Å². The van der Waals surface area contributed by atoms with Gasteiger partial charge in [0.15, 0.2) is 0 Å². The Morgan fingerprint density at radius 1 is 1.46 bits per heavy atom. The molecular formula is C9H12N2O2. The number of hydrogen-bond acceptors (Lipinski definition) is 4. The summed E-state index contributed by atoms with van der Waals surface area (Å²) >= 11 is 0. The number of nitrogen functional groups attached to an aromatic ring is 1. The molecule has 0 amide bonds. The standard InChI is InChI=1S/C9H12N2O2/c10-5-9(12)13-6-7-2-1-3-8(11)4-7/h1-4H,5-6,10-11H2. The number of benzene rings is 1. The number of carbonyl (C=O) groups is 1. The van der Waals surface area contributed by atoms with Crippen LogP contribution in [0.2, 0.25) is 0 Å². The Morgan fingerprint density at radius 3 is 2.85 bits per heavy atom. The summed E-state index contributed by atoms with van der Waals surface area (Å²) < 4.78 is 4.81. The highest BCUT2D eigenvalue weighted by atomic mass is 16.5. The summed E-state index contributed by atoms with van der Waals surface area (Å²) in [5.74, 6) is -0.414. The molecule has 0 bridgehead atoms. The molecular weight excluding hydrogens is 168 g/mol. The van der Waals surface area contributed by atoms with Gasteiger partial charge in [-0.3, -0.25) is 4.79 Å². The first kappa shape index (κ1) is 9.54. The smallest absolute Gasteiger partial charge is 0.320 e. The van der Waals surface area contributed by atoms with Crippen LogP contribution in [0.4, 0.5) is 5.69 Å². The molecule has 1 rings (SSSR count). The molecule has 70 valence electrons. The van der Waals surface area contributed by atoms with Crippen LogP contribution < -0.4 is 11.5 Å². The Morgan fingerprint density at radius 2 is 2.23 bits per heavy atom. The summed E-state index contributed by atoms with van der Waals surface area (Å²) in [6.07, 6.45) is 0. The highest BCUT2D eigenvalue weighted by Crippen LogP contribution is 2.07. The average Bonchev–Trinajstić information content (AvgIpc) is 2.14. The maximum Gasteiger partial charge on any atom is 0.320 e. The van der Waals surface area contributed by atoms with Gasteiger partial charge < -0.3 is 16.2 Å². The maximum atomic E-state index is 10.7. The summed E-state index contributed by atoms with van der Waals surface area (Å²) in [6, 6.07) is 7.17. The van der Waals surface area contributed by atoms with Crippen molar-refractivity contribution in [3.63, 3.8) is 0 Å². The van der Waals surface area contributed by atoms with Crippen molar-refractivity contribution in [3.8, 4) is 0 Å². The average molecular weight is 180 g/mol. The molecule has 0 heterocycles. The third-order valence-corrected chi connectivity index (χ3v) is 1.52. The van der Waals surface area contributed by atoms with Crippen LogP contribution in [0.5, 0.6) is 0 Å². The molecule has 4 nitrogen and oxygen atoms in total. The van der Waals surface area contributed by atoms with E-state index in [1.54, 1.807) is 18.2 Å². The minimum Gasteiger partial charge on any atom is -0.460 e. The third-order valence-electron chi connectivity index (χ3n) is 1.52. The fourth-order valence-electron chi connectivity index (χ4n) is 0.906. The molecule has 1 aromatic carbocycles. The molecule has 0 aliphatic rings. The van der Waals surface area contributed by atoms with Crippen LogP contribution in [0.1, 0.15) is 5.56 Å². The van der Waals surface area contributed by atoms with E-state index in [1.165, 1.54) is 0 Å². The molecule has 0 saturated heterocycles. The van der Waals surface area contributed by atoms with E-state index < -0.39 is 5.97 Å². The summed E-state index contributed by atoms with van der Waals surface area (Å²) in [5.41, 5.74) is 12.1. The number of ether oxygens (including phenoxy) is 1. The van der Waals surface area contributed by atoms with E-state index in [0.717, 1.165) is 5.56 Å². The zero-order chi connectivity index (χ0) is 9.68. The van der Waals surface area contributed by atoms with E-state index in [4.69, 9.17) is 16.2 Å². The van der Waals surface area contributed by atoms with Gasteiger partial charge in [-0.15, -0.1) is 0 Å². The SMILES string of the molecule is NCC(=O)OCc1cccc(N)c1. The molecule has 1 aromatic rings. The quantitative estimate of drug-likeness (QED) is 0.517. The van der Waals surface area contributed by atoms with Crippen molar-refractivity contribution < 1.29 is 9.53 Å². The molecule has 13 heavy (non-hydrogen) atoms. The van der Waals surface area contributed by atoms with Crippen molar-refractivity contribution in [2.24, 2.45) is 5.73 Å². The fraction of sp³-hybridized carbons (Fsp3) is 0.222. The van der Waals surface area contributed by atoms with E-state index >= 15 is 0 Å². The second-order valence-corrected chi connectivity index (χ2v) is 2.61. The van der Waals surface area contributed by atoms with Gasteiger partial charge in [0.2, 0.25) is 0 Å². The van der Waals surface area contributed by atoms with E-state index in [9.17, 15) is 4.79 Å².